The van der Waals surface area contributed by atoms with Crippen LogP contribution in [0.1, 0.15) is 86.6 Å². The number of amides is 7. The number of piperazine rings is 1. The van der Waals surface area contributed by atoms with Gasteiger partial charge in [-0.3, -0.25) is 82.3 Å². The van der Waals surface area contributed by atoms with Crippen LogP contribution in [0.25, 0.3) is 10.9 Å². The van der Waals surface area contributed by atoms with Crippen LogP contribution in [0.5, 0.6) is 5.75 Å². The van der Waals surface area contributed by atoms with E-state index in [0.29, 0.717) is 154 Å². The van der Waals surface area contributed by atoms with Gasteiger partial charge in [0, 0.05) is 151 Å². The monoisotopic (exact) mass is 1470 g/mol. The van der Waals surface area contributed by atoms with E-state index in [1.165, 1.54) is 34.5 Å². The molecule has 4 fully saturated rings. The lowest BCUT2D eigenvalue weighted by atomic mass is 10.1. The summed E-state index contributed by atoms with van der Waals surface area (Å²) >= 11 is 3.62. The molecule has 4 aliphatic rings. The fourth-order valence-electron chi connectivity index (χ4n) is 11.9. The Kier molecular flexibility index (Phi) is 31.7. The number of halogens is 3. The van der Waals surface area contributed by atoms with Gasteiger partial charge in [0.25, 0.3) is 24.8 Å². The van der Waals surface area contributed by atoms with E-state index in [2.05, 4.69) is 66.5 Å². The van der Waals surface area contributed by atoms with Crippen molar-refractivity contribution in [1.29, 1.82) is 0 Å². The molecule has 524 valence electrons. The summed E-state index contributed by atoms with van der Waals surface area (Å²) < 4.78 is 45.3. The summed E-state index contributed by atoms with van der Waals surface area (Å²) in [5.41, 5.74) is 1.92. The Morgan fingerprint density at radius 3 is 2.08 bits per heavy atom. The van der Waals surface area contributed by atoms with Gasteiger partial charge in [-0.15, -0.1) is 18.2 Å². The van der Waals surface area contributed by atoms with Crippen LogP contribution >= 0.6 is 34.4 Å². The maximum atomic E-state index is 14.0. The molecule has 0 spiro atoms. The molecule has 4 aliphatic heterocycles. The predicted molar refractivity (Wildman–Crippen MR) is 361 cm³/mol. The molecule has 3 aromatic rings. The molecule has 4 saturated heterocycles. The molecule has 96 heavy (non-hydrogen) atoms. The average molecular weight is 1470 g/mol. The number of carboxylic acid groups (broad SMARTS) is 1. The summed E-state index contributed by atoms with van der Waals surface area (Å²) in [4.78, 5) is 146. The summed E-state index contributed by atoms with van der Waals surface area (Å²) in [6.07, 6.45) is 12.1. The third-order valence-electron chi connectivity index (χ3n) is 17.2. The Morgan fingerprint density at radius 1 is 0.750 bits per heavy atom. The highest BCUT2D eigenvalue weighted by atomic mass is 127. The fourth-order valence-corrected chi connectivity index (χ4v) is 13.7. The molecule has 5 heterocycles. The Hall–Kier alpha value is -7.15. The second-order valence-corrected chi connectivity index (χ2v) is 27.0. The first-order chi connectivity index (χ1) is 46.3. The van der Waals surface area contributed by atoms with Gasteiger partial charge >= 0.3 is 5.97 Å². The Morgan fingerprint density at radius 2 is 1.42 bits per heavy atom. The normalized spacial score (nSPS) is 19.0. The number of benzene rings is 2. The van der Waals surface area contributed by atoms with Gasteiger partial charge in [-0.1, -0.05) is 30.9 Å². The van der Waals surface area contributed by atoms with Gasteiger partial charge in [-0.2, -0.15) is 0 Å². The minimum Gasteiger partial charge on any atom is -0.494 e. The van der Waals surface area contributed by atoms with Crippen LogP contribution in [-0.2, 0) is 59.0 Å². The SMILES string of the molecule is C#C[C@H]1CC(F)(F)CN1C(=O)CNC(=O)c1ccnc2ccc(OCCCN3CCN(C(=O)CCCN4C(=O)CC(SC(CCCCCNC(=O)CCCc5ccc(I)cc5)CNC(=O)CN5CCN(COC=O)CCN(COC=O)CCN(CC(=O)O)CC5)C4=O)CC3)cc12. The number of thioether (sulfide) groups is 1. The zero-order chi connectivity index (χ0) is 68.8. The number of nitrogens with one attached hydrogen (secondary N) is 3. The number of carboxylic acids is 1. The van der Waals surface area contributed by atoms with Crippen LogP contribution in [0, 0.1) is 15.9 Å². The highest BCUT2D eigenvalue weighted by molar-refractivity contribution is 14.1. The first kappa shape index (κ1) is 76.2. The zero-order valence-corrected chi connectivity index (χ0v) is 57.2. The Labute approximate surface area is 576 Å². The van der Waals surface area contributed by atoms with Crippen LogP contribution < -0.4 is 20.7 Å². The van der Waals surface area contributed by atoms with Gasteiger partial charge in [0.15, 0.2) is 0 Å². The molecule has 26 nitrogen and oxygen atoms in total. The lowest BCUT2D eigenvalue weighted by Crippen LogP contribution is -2.49. The van der Waals surface area contributed by atoms with Crippen molar-refractivity contribution < 1.29 is 76.0 Å². The van der Waals surface area contributed by atoms with Gasteiger partial charge in [0.05, 0.1) is 55.2 Å². The van der Waals surface area contributed by atoms with Gasteiger partial charge in [0.1, 0.15) is 19.2 Å². The van der Waals surface area contributed by atoms with Crippen molar-refractivity contribution in [2.45, 2.75) is 99.5 Å². The smallest absolute Gasteiger partial charge is 0.317 e. The molecule has 3 atom stereocenters. The number of hydrogen-bond acceptors (Lipinski definition) is 20. The van der Waals surface area contributed by atoms with E-state index in [1.54, 1.807) is 28.0 Å². The second kappa shape index (κ2) is 39.9. The minimum absolute atomic E-state index is 0.00225. The summed E-state index contributed by atoms with van der Waals surface area (Å²) in [5.74, 6) is -3.74. The summed E-state index contributed by atoms with van der Waals surface area (Å²) in [6, 6.07) is 13.8. The second-order valence-electron chi connectivity index (χ2n) is 24.3. The van der Waals surface area contributed by atoms with Crippen LogP contribution in [0.15, 0.2) is 54.7 Å². The maximum Gasteiger partial charge on any atom is 0.317 e. The molecule has 4 N–H and O–H groups in total. The number of unbranched alkanes of at least 4 members (excludes halogenated alkanes) is 2. The zero-order valence-electron chi connectivity index (χ0n) is 54.2. The van der Waals surface area contributed by atoms with Gasteiger partial charge in [0.2, 0.25) is 35.4 Å². The third-order valence-corrected chi connectivity index (χ3v) is 19.4. The lowest BCUT2D eigenvalue weighted by Gasteiger charge is -2.34. The summed E-state index contributed by atoms with van der Waals surface area (Å²) in [7, 11) is 0. The van der Waals surface area contributed by atoms with E-state index in [-0.39, 0.29) is 92.8 Å². The van der Waals surface area contributed by atoms with Crippen LogP contribution in [0.2, 0.25) is 0 Å². The van der Waals surface area contributed by atoms with Gasteiger partial charge < -0.3 is 45.1 Å². The van der Waals surface area contributed by atoms with Crippen LogP contribution in [0.3, 0.4) is 0 Å². The number of fused-ring (bicyclic) bond motifs is 1. The number of aliphatic carboxylic acids is 1. The number of terminal acetylenes is 1. The topological polar surface area (TPSA) is 294 Å². The number of rotatable bonds is 36. The Balaban J connectivity index is 0.851. The van der Waals surface area contributed by atoms with Crippen molar-refractivity contribution in [3.05, 3.63) is 69.4 Å². The molecular weight excluding hydrogens is 1380 g/mol. The van der Waals surface area contributed by atoms with E-state index < -0.39 is 54.5 Å². The molecular formula is C66H89F2IN12O14S. The highest BCUT2D eigenvalue weighted by Crippen LogP contribution is 2.33. The largest absolute Gasteiger partial charge is 0.494 e. The molecule has 0 aliphatic carbocycles. The average Bonchev–Trinajstić information content (AvgIpc) is 1.40. The number of aromatic nitrogens is 1. The Bertz CT molecular complexity index is 3150. The van der Waals surface area contributed by atoms with E-state index in [4.69, 9.17) is 20.6 Å². The highest BCUT2D eigenvalue weighted by Gasteiger charge is 2.46. The maximum absolute atomic E-state index is 14.0. The lowest BCUT2D eigenvalue weighted by molar-refractivity contribution is -0.140. The molecule has 2 unspecified atom stereocenters. The third kappa shape index (κ3) is 25.7. The fraction of sp³-hybridized carbons (Fsp3) is 0.591. The molecule has 7 amide bonds. The number of nitrogens with zero attached hydrogens (tertiary/aromatic N) is 9. The predicted octanol–water partition coefficient (Wildman–Crippen LogP) is 2.74. The van der Waals surface area contributed by atoms with Gasteiger partial charge in [-0.05, 0) is 103 Å². The van der Waals surface area contributed by atoms with Crippen molar-refractivity contribution >= 4 is 106 Å². The van der Waals surface area contributed by atoms with Crippen LogP contribution in [-0.4, -0.2) is 283 Å². The number of pyridine rings is 1. The first-order valence-corrected chi connectivity index (χ1v) is 34.7. The molecule has 0 saturated carbocycles. The summed E-state index contributed by atoms with van der Waals surface area (Å²) in [5, 5.41) is 17.9. The number of imide groups is 1. The van der Waals surface area contributed by atoms with Crippen molar-refractivity contribution in [3.63, 3.8) is 0 Å². The molecule has 30 heteroatoms. The number of carbonyl (C=O) groups is 10. The van der Waals surface area contributed by atoms with E-state index in [9.17, 15) is 61.8 Å². The molecule has 2 aromatic carbocycles. The number of hydrogen-bond donors (Lipinski definition) is 4. The van der Waals surface area contributed by atoms with Crippen LogP contribution in [0.4, 0.5) is 8.78 Å². The van der Waals surface area contributed by atoms with Crippen molar-refractivity contribution in [2.24, 2.45) is 0 Å². The van der Waals surface area contributed by atoms with E-state index in [1.807, 2.05) is 26.8 Å². The van der Waals surface area contributed by atoms with E-state index >= 15 is 0 Å². The number of ether oxygens (including phenoxy) is 3. The number of aryl methyl sites for hydroxylation is 1. The van der Waals surface area contributed by atoms with Crippen molar-refractivity contribution in [1.82, 2.24) is 60.1 Å². The molecule has 0 bridgehead atoms. The standard InChI is InChI=1S/C66H89F2IN12O14S/c1-2-51-39-66(67,68)44-81(51)62(88)41-73-64(91)54-19-21-70-56-18-17-52(37-55(54)56)95-36-8-22-74-32-34-79(35-33-74)60(86)12-7-23-80-61(87)38-57(65(80)92)96-53(10-4-3-5-20-71-58(84)11-6-9-49-13-15-50(69)16-14-49)40-72-59(85)42-75-24-25-76(43-63(89)90)27-29-78(46-94-48-83)31-30-77(28-26-75)45-93-47-82/h1,13-19,21,37,47-48,51,53,57H,3-12,20,22-36,38-46H2,(H,71,84)(H,72,85)(H,73,91)(H,89,90)/t51-,53?,57?/m0/s1. The summed E-state index contributed by atoms with van der Waals surface area (Å²) in [6.45, 7) is 6.16. The number of carbonyl (C=O) groups excluding carboxylic acids is 9. The van der Waals surface area contributed by atoms with E-state index in [0.717, 1.165) is 40.6 Å². The minimum atomic E-state index is -3.10. The molecule has 7 rings (SSSR count). The molecule has 1 aromatic heterocycles. The first-order valence-electron chi connectivity index (χ1n) is 32.7. The quantitative estimate of drug-likeness (QED) is 0.0214. The van der Waals surface area contributed by atoms with Crippen molar-refractivity contribution in [3.8, 4) is 18.1 Å². The molecule has 0 radical (unpaired) electrons. The van der Waals surface area contributed by atoms with Gasteiger partial charge in [-0.25, -0.2) is 8.78 Å². The number of likely N-dealkylation sites (tertiary alicyclic amines) is 2. The van der Waals surface area contributed by atoms with Crippen molar-refractivity contribution in [2.75, 3.05) is 151 Å². The number of alkyl halides is 2.